The summed E-state index contributed by atoms with van der Waals surface area (Å²) in [5, 5.41) is 14.0. The molecule has 1 aliphatic rings. The molecule has 5 nitrogen and oxygen atoms in total. The van der Waals surface area contributed by atoms with Crippen LogP contribution in [0.5, 0.6) is 0 Å². The van der Waals surface area contributed by atoms with Crippen molar-refractivity contribution in [2.24, 2.45) is 0 Å². The molecule has 0 aliphatic carbocycles. The summed E-state index contributed by atoms with van der Waals surface area (Å²) in [4.78, 5) is 13.0. The molecule has 0 radical (unpaired) electrons. The van der Waals surface area contributed by atoms with Crippen LogP contribution in [0.15, 0.2) is 18.2 Å². The number of likely N-dealkylation sites (tertiary alicyclic amines) is 1. The summed E-state index contributed by atoms with van der Waals surface area (Å²) in [6.07, 6.45) is 3.71. The number of rotatable bonds is 4. The first kappa shape index (κ1) is 13.8. The van der Waals surface area contributed by atoms with E-state index in [0.717, 1.165) is 24.3 Å². The number of nitro benzene ring substituents is 1. The maximum absolute atomic E-state index is 10.9. The lowest BCUT2D eigenvalue weighted by atomic mass is 10.0. The van der Waals surface area contributed by atoms with E-state index in [2.05, 4.69) is 17.1 Å². The molecular weight excluding hydrogens is 242 g/mol. The van der Waals surface area contributed by atoms with E-state index in [0.29, 0.717) is 6.04 Å². The second-order valence-electron chi connectivity index (χ2n) is 5.16. The SMILES string of the molecule is CNc1ccc([N+](=O)[O-])cc1CN1CCCCC1C. The first-order valence-corrected chi connectivity index (χ1v) is 6.81. The zero-order chi connectivity index (χ0) is 13.8. The Morgan fingerprint density at radius 1 is 1.47 bits per heavy atom. The average Bonchev–Trinajstić information content (AvgIpc) is 2.41. The van der Waals surface area contributed by atoms with Crippen LogP contribution in [0.25, 0.3) is 0 Å². The summed E-state index contributed by atoms with van der Waals surface area (Å²) in [5.41, 5.74) is 2.15. The smallest absolute Gasteiger partial charge is 0.269 e. The van der Waals surface area contributed by atoms with E-state index in [4.69, 9.17) is 0 Å². The van der Waals surface area contributed by atoms with Crippen LogP contribution in [0.2, 0.25) is 0 Å². The minimum Gasteiger partial charge on any atom is -0.388 e. The maximum Gasteiger partial charge on any atom is 0.269 e. The highest BCUT2D eigenvalue weighted by Crippen LogP contribution is 2.26. The van der Waals surface area contributed by atoms with Crippen LogP contribution in [0.3, 0.4) is 0 Å². The zero-order valence-electron chi connectivity index (χ0n) is 11.6. The van der Waals surface area contributed by atoms with E-state index < -0.39 is 0 Å². The van der Waals surface area contributed by atoms with Gasteiger partial charge in [0.1, 0.15) is 0 Å². The molecule has 0 aromatic heterocycles. The molecular formula is C14H21N3O2. The molecule has 1 saturated heterocycles. The van der Waals surface area contributed by atoms with E-state index >= 15 is 0 Å². The summed E-state index contributed by atoms with van der Waals surface area (Å²) in [5.74, 6) is 0. The molecule has 0 spiro atoms. The van der Waals surface area contributed by atoms with Crippen LogP contribution < -0.4 is 5.32 Å². The Kier molecular flexibility index (Phi) is 4.37. The van der Waals surface area contributed by atoms with Crippen LogP contribution in [0.4, 0.5) is 11.4 Å². The standard InChI is InChI=1S/C14H21N3O2/c1-11-5-3-4-8-16(11)10-12-9-13(17(18)19)6-7-14(12)15-2/h6-7,9,11,15H,3-5,8,10H2,1-2H3. The first-order valence-electron chi connectivity index (χ1n) is 6.81. The fourth-order valence-electron chi connectivity index (χ4n) is 2.68. The first-order chi connectivity index (χ1) is 9.11. The summed E-state index contributed by atoms with van der Waals surface area (Å²) < 4.78 is 0. The van der Waals surface area contributed by atoms with Crippen molar-refractivity contribution in [3.8, 4) is 0 Å². The third-order valence-corrected chi connectivity index (χ3v) is 3.88. The normalized spacial score (nSPS) is 20.2. The molecule has 1 aromatic rings. The van der Waals surface area contributed by atoms with Gasteiger partial charge in [-0.05, 0) is 37.9 Å². The number of non-ortho nitro benzene ring substituents is 1. The number of hydrogen-bond donors (Lipinski definition) is 1. The lowest BCUT2D eigenvalue weighted by Gasteiger charge is -2.33. The third kappa shape index (κ3) is 3.23. The Morgan fingerprint density at radius 2 is 2.26 bits per heavy atom. The number of anilines is 1. The molecule has 1 aliphatic heterocycles. The number of piperidine rings is 1. The molecule has 1 fully saturated rings. The van der Waals surface area contributed by atoms with Gasteiger partial charge in [0.2, 0.25) is 0 Å². The Hall–Kier alpha value is -1.62. The minimum absolute atomic E-state index is 0.165. The Labute approximate surface area is 113 Å². The van der Waals surface area contributed by atoms with E-state index in [-0.39, 0.29) is 10.6 Å². The molecule has 0 bridgehead atoms. The van der Waals surface area contributed by atoms with Crippen LogP contribution in [0, 0.1) is 10.1 Å². The Balaban J connectivity index is 2.21. The van der Waals surface area contributed by atoms with E-state index in [1.807, 2.05) is 7.05 Å². The van der Waals surface area contributed by atoms with Crippen molar-refractivity contribution >= 4 is 11.4 Å². The van der Waals surface area contributed by atoms with Crippen molar-refractivity contribution in [1.29, 1.82) is 0 Å². The average molecular weight is 263 g/mol. The fraction of sp³-hybridized carbons (Fsp3) is 0.571. The molecule has 0 saturated carbocycles. The molecule has 104 valence electrons. The van der Waals surface area contributed by atoms with Gasteiger partial charge in [0.05, 0.1) is 4.92 Å². The third-order valence-electron chi connectivity index (χ3n) is 3.88. The monoisotopic (exact) mass is 263 g/mol. The second-order valence-corrected chi connectivity index (χ2v) is 5.16. The topological polar surface area (TPSA) is 58.4 Å². The minimum atomic E-state index is -0.331. The van der Waals surface area contributed by atoms with Crippen LogP contribution in [0.1, 0.15) is 31.7 Å². The van der Waals surface area contributed by atoms with Crippen LogP contribution in [-0.2, 0) is 6.54 Å². The lowest BCUT2D eigenvalue weighted by molar-refractivity contribution is -0.384. The van der Waals surface area contributed by atoms with E-state index in [9.17, 15) is 10.1 Å². The lowest BCUT2D eigenvalue weighted by Crippen LogP contribution is -2.36. The molecule has 1 N–H and O–H groups in total. The van der Waals surface area contributed by atoms with E-state index in [1.54, 1.807) is 18.2 Å². The molecule has 5 heteroatoms. The maximum atomic E-state index is 10.9. The van der Waals surface area contributed by atoms with Gasteiger partial charge in [0, 0.05) is 37.5 Å². The number of benzene rings is 1. The van der Waals surface area contributed by atoms with Crippen LogP contribution in [-0.4, -0.2) is 29.5 Å². The molecule has 1 unspecified atom stereocenters. The quantitative estimate of drug-likeness (QED) is 0.670. The summed E-state index contributed by atoms with van der Waals surface area (Å²) in [6, 6.07) is 5.59. The number of nitrogens with one attached hydrogen (secondary N) is 1. The van der Waals surface area contributed by atoms with Crippen molar-refractivity contribution in [2.75, 3.05) is 18.9 Å². The fourth-order valence-corrected chi connectivity index (χ4v) is 2.68. The van der Waals surface area contributed by atoms with Gasteiger partial charge in [0.25, 0.3) is 5.69 Å². The van der Waals surface area contributed by atoms with Crippen molar-refractivity contribution in [3.05, 3.63) is 33.9 Å². The van der Waals surface area contributed by atoms with Crippen molar-refractivity contribution in [3.63, 3.8) is 0 Å². The number of nitrogens with zero attached hydrogens (tertiary/aromatic N) is 2. The van der Waals surface area contributed by atoms with Gasteiger partial charge in [-0.15, -0.1) is 0 Å². The Bertz CT molecular complexity index is 462. The highest BCUT2D eigenvalue weighted by Gasteiger charge is 2.20. The Morgan fingerprint density at radius 3 is 2.89 bits per heavy atom. The zero-order valence-corrected chi connectivity index (χ0v) is 11.6. The van der Waals surface area contributed by atoms with Gasteiger partial charge in [-0.1, -0.05) is 6.42 Å². The summed E-state index contributed by atoms with van der Waals surface area (Å²) >= 11 is 0. The van der Waals surface area contributed by atoms with Gasteiger partial charge in [-0.25, -0.2) is 0 Å². The molecule has 0 amide bonds. The van der Waals surface area contributed by atoms with Gasteiger partial charge in [-0.3, -0.25) is 15.0 Å². The van der Waals surface area contributed by atoms with Crippen molar-refractivity contribution < 1.29 is 4.92 Å². The summed E-state index contributed by atoms with van der Waals surface area (Å²) in [7, 11) is 1.85. The molecule has 1 atom stereocenters. The van der Waals surface area contributed by atoms with E-state index in [1.165, 1.54) is 19.3 Å². The highest BCUT2D eigenvalue weighted by molar-refractivity contribution is 5.55. The highest BCUT2D eigenvalue weighted by atomic mass is 16.6. The number of hydrogen-bond acceptors (Lipinski definition) is 4. The van der Waals surface area contributed by atoms with Crippen molar-refractivity contribution in [1.82, 2.24) is 4.90 Å². The number of nitro groups is 1. The predicted molar refractivity (Wildman–Crippen MR) is 76.4 cm³/mol. The summed E-state index contributed by atoms with van der Waals surface area (Å²) in [6.45, 7) is 4.08. The van der Waals surface area contributed by atoms with Gasteiger partial charge in [0.15, 0.2) is 0 Å². The molecule has 19 heavy (non-hydrogen) atoms. The van der Waals surface area contributed by atoms with Gasteiger partial charge >= 0.3 is 0 Å². The van der Waals surface area contributed by atoms with Crippen molar-refractivity contribution in [2.45, 2.75) is 38.8 Å². The molecule has 1 aromatic carbocycles. The molecule has 1 heterocycles. The second kappa shape index (κ2) is 6.02. The van der Waals surface area contributed by atoms with Crippen LogP contribution >= 0.6 is 0 Å². The van der Waals surface area contributed by atoms with Gasteiger partial charge < -0.3 is 5.32 Å². The molecule has 2 rings (SSSR count). The van der Waals surface area contributed by atoms with Gasteiger partial charge in [-0.2, -0.15) is 0 Å². The largest absolute Gasteiger partial charge is 0.388 e. The predicted octanol–water partition coefficient (Wildman–Crippen LogP) is 3.01.